The average Bonchev–Trinajstić information content (AvgIpc) is 3.02. The molecule has 1 aromatic carbocycles. The molecule has 1 aromatic rings. The van der Waals surface area contributed by atoms with Crippen LogP contribution in [0.5, 0.6) is 5.75 Å². The molecule has 6 heteroatoms. The van der Waals surface area contributed by atoms with Crippen molar-refractivity contribution in [1.82, 2.24) is 10.2 Å². The Morgan fingerprint density at radius 2 is 2.20 bits per heavy atom. The molecule has 2 aliphatic heterocycles. The molecular weight excluding hydrogens is 318 g/mol. The van der Waals surface area contributed by atoms with Gasteiger partial charge in [0, 0.05) is 37.4 Å². The maximum Gasteiger partial charge on any atom is 0.318 e. The van der Waals surface area contributed by atoms with Crippen molar-refractivity contribution in [2.24, 2.45) is 5.92 Å². The second-order valence-electron chi connectivity index (χ2n) is 7.15. The summed E-state index contributed by atoms with van der Waals surface area (Å²) in [7, 11) is 1.67. The molecule has 2 heterocycles. The van der Waals surface area contributed by atoms with E-state index in [0.717, 1.165) is 50.3 Å². The summed E-state index contributed by atoms with van der Waals surface area (Å²) in [4.78, 5) is 16.7. The van der Waals surface area contributed by atoms with Gasteiger partial charge in [-0.25, -0.2) is 4.79 Å². The van der Waals surface area contributed by atoms with Crippen LogP contribution in [0.3, 0.4) is 0 Å². The Morgan fingerprint density at radius 3 is 2.96 bits per heavy atom. The Kier molecular flexibility index (Phi) is 5.68. The lowest BCUT2D eigenvalue weighted by Gasteiger charge is -2.36. The molecule has 0 radical (unpaired) electrons. The van der Waals surface area contributed by atoms with Crippen LogP contribution in [0.2, 0.25) is 0 Å². The van der Waals surface area contributed by atoms with Gasteiger partial charge in [-0.1, -0.05) is 13.0 Å². The first kappa shape index (κ1) is 17.9. The summed E-state index contributed by atoms with van der Waals surface area (Å²) in [5, 5.41) is 12.7. The average molecular weight is 347 g/mol. The van der Waals surface area contributed by atoms with Gasteiger partial charge in [0.25, 0.3) is 0 Å². The van der Waals surface area contributed by atoms with Gasteiger partial charge in [0.15, 0.2) is 0 Å². The van der Waals surface area contributed by atoms with Crippen LogP contribution < -0.4 is 15.0 Å². The van der Waals surface area contributed by atoms with E-state index in [4.69, 9.17) is 4.74 Å². The quantitative estimate of drug-likeness (QED) is 0.875. The van der Waals surface area contributed by atoms with Crippen LogP contribution in [0.25, 0.3) is 0 Å². The molecule has 6 nitrogen and oxygen atoms in total. The molecule has 2 aliphatic rings. The Morgan fingerprint density at radius 1 is 1.36 bits per heavy atom. The number of anilines is 1. The molecule has 138 valence electrons. The SMILES string of the molecule is COc1cccc(N2CCCC(NC(=O)N3CCC(C)C3CO)C2)c1. The minimum absolute atomic E-state index is 0.0369. The van der Waals surface area contributed by atoms with Crippen LogP contribution in [-0.4, -0.2) is 61.5 Å². The van der Waals surface area contributed by atoms with Gasteiger partial charge in [-0.2, -0.15) is 0 Å². The van der Waals surface area contributed by atoms with Gasteiger partial charge in [0.05, 0.1) is 19.8 Å². The molecule has 2 N–H and O–H groups in total. The summed E-state index contributed by atoms with van der Waals surface area (Å²) in [6.07, 6.45) is 2.99. The van der Waals surface area contributed by atoms with Gasteiger partial charge in [-0.3, -0.25) is 0 Å². The molecule has 0 bridgehead atoms. The number of aliphatic hydroxyl groups is 1. The summed E-state index contributed by atoms with van der Waals surface area (Å²) in [5.74, 6) is 1.20. The number of carbonyl (C=O) groups excluding carboxylic acids is 1. The molecule has 2 saturated heterocycles. The highest BCUT2D eigenvalue weighted by atomic mass is 16.5. The second kappa shape index (κ2) is 7.95. The Balaban J connectivity index is 1.60. The van der Waals surface area contributed by atoms with E-state index in [2.05, 4.69) is 23.2 Å². The summed E-state index contributed by atoms with van der Waals surface area (Å²) in [6, 6.07) is 8.08. The number of nitrogens with zero attached hydrogens (tertiary/aromatic N) is 2. The Hall–Kier alpha value is -1.95. The zero-order valence-corrected chi connectivity index (χ0v) is 15.1. The largest absolute Gasteiger partial charge is 0.497 e. The van der Waals surface area contributed by atoms with Crippen molar-refractivity contribution in [2.45, 2.75) is 38.3 Å². The number of rotatable bonds is 4. The smallest absolute Gasteiger partial charge is 0.318 e. The Bertz CT molecular complexity index is 595. The van der Waals surface area contributed by atoms with Crippen LogP contribution in [0.1, 0.15) is 26.2 Å². The monoisotopic (exact) mass is 347 g/mol. The van der Waals surface area contributed by atoms with Gasteiger partial charge in [-0.05, 0) is 37.3 Å². The topological polar surface area (TPSA) is 65.0 Å². The number of carbonyl (C=O) groups is 1. The van der Waals surface area contributed by atoms with Crippen LogP contribution in [0, 0.1) is 5.92 Å². The zero-order valence-electron chi connectivity index (χ0n) is 15.1. The number of benzene rings is 1. The van der Waals surface area contributed by atoms with Gasteiger partial charge in [0.2, 0.25) is 0 Å². The van der Waals surface area contributed by atoms with Crippen molar-refractivity contribution >= 4 is 11.7 Å². The first-order valence-electron chi connectivity index (χ1n) is 9.19. The molecule has 0 saturated carbocycles. The minimum atomic E-state index is -0.0573. The molecular formula is C19H29N3O3. The third-order valence-electron chi connectivity index (χ3n) is 5.50. The van der Waals surface area contributed by atoms with Crippen molar-refractivity contribution in [3.8, 4) is 5.75 Å². The maximum absolute atomic E-state index is 12.6. The number of nitrogens with one attached hydrogen (secondary N) is 1. The lowest BCUT2D eigenvalue weighted by Crippen LogP contribution is -2.53. The number of hydrogen-bond acceptors (Lipinski definition) is 4. The molecule has 0 aromatic heterocycles. The molecule has 2 amide bonds. The van der Waals surface area contributed by atoms with E-state index >= 15 is 0 Å². The fourth-order valence-electron chi connectivity index (χ4n) is 3.93. The molecule has 0 aliphatic carbocycles. The summed E-state index contributed by atoms with van der Waals surface area (Å²) < 4.78 is 5.31. The second-order valence-corrected chi connectivity index (χ2v) is 7.15. The first-order valence-corrected chi connectivity index (χ1v) is 9.19. The maximum atomic E-state index is 12.6. The fraction of sp³-hybridized carbons (Fsp3) is 0.632. The minimum Gasteiger partial charge on any atom is -0.497 e. The predicted octanol–water partition coefficient (Wildman–Crippen LogP) is 2.08. The number of ether oxygens (including phenoxy) is 1. The van der Waals surface area contributed by atoms with Crippen molar-refractivity contribution < 1.29 is 14.6 Å². The number of piperidine rings is 1. The van der Waals surface area contributed by atoms with Gasteiger partial charge in [-0.15, -0.1) is 0 Å². The van der Waals surface area contributed by atoms with Crippen LogP contribution >= 0.6 is 0 Å². The molecule has 3 unspecified atom stereocenters. The molecule has 3 atom stereocenters. The zero-order chi connectivity index (χ0) is 17.8. The normalized spacial score (nSPS) is 26.6. The van der Waals surface area contributed by atoms with E-state index in [1.165, 1.54) is 0 Å². The molecule has 2 fully saturated rings. The Labute approximate surface area is 149 Å². The summed E-state index contributed by atoms with van der Waals surface area (Å²) >= 11 is 0. The number of methoxy groups -OCH3 is 1. The predicted molar refractivity (Wildman–Crippen MR) is 98.1 cm³/mol. The standard InChI is InChI=1S/C19H29N3O3/c1-14-8-10-22(18(14)13-23)19(24)20-15-5-4-9-21(12-15)16-6-3-7-17(11-16)25-2/h3,6-7,11,14-15,18,23H,4-5,8-10,12-13H2,1-2H3,(H,20,24). The van der Waals surface area contributed by atoms with E-state index in [0.29, 0.717) is 5.92 Å². The first-order chi connectivity index (χ1) is 12.1. The fourth-order valence-corrected chi connectivity index (χ4v) is 3.93. The highest BCUT2D eigenvalue weighted by molar-refractivity contribution is 5.75. The van der Waals surface area contributed by atoms with Gasteiger partial charge < -0.3 is 25.0 Å². The number of likely N-dealkylation sites (tertiary alicyclic amines) is 1. The lowest BCUT2D eigenvalue weighted by molar-refractivity contribution is 0.141. The highest BCUT2D eigenvalue weighted by Crippen LogP contribution is 2.26. The van der Waals surface area contributed by atoms with E-state index in [1.54, 1.807) is 12.0 Å². The number of amides is 2. The number of aliphatic hydroxyl groups excluding tert-OH is 1. The van der Waals surface area contributed by atoms with Gasteiger partial charge in [0.1, 0.15) is 5.75 Å². The lowest BCUT2D eigenvalue weighted by atomic mass is 10.0. The summed E-state index contributed by atoms with van der Waals surface area (Å²) in [5.41, 5.74) is 1.13. The van der Waals surface area contributed by atoms with Crippen LogP contribution in [0.15, 0.2) is 24.3 Å². The van der Waals surface area contributed by atoms with Crippen molar-refractivity contribution in [2.75, 3.05) is 38.3 Å². The third kappa shape index (κ3) is 4.00. The van der Waals surface area contributed by atoms with Crippen molar-refractivity contribution in [3.05, 3.63) is 24.3 Å². The molecule has 25 heavy (non-hydrogen) atoms. The van der Waals surface area contributed by atoms with Crippen molar-refractivity contribution in [3.63, 3.8) is 0 Å². The van der Waals surface area contributed by atoms with E-state index in [-0.39, 0.29) is 24.7 Å². The number of urea groups is 1. The molecule has 3 rings (SSSR count). The van der Waals surface area contributed by atoms with E-state index < -0.39 is 0 Å². The highest BCUT2D eigenvalue weighted by Gasteiger charge is 2.35. The van der Waals surface area contributed by atoms with Crippen molar-refractivity contribution in [1.29, 1.82) is 0 Å². The van der Waals surface area contributed by atoms with E-state index in [9.17, 15) is 9.90 Å². The van der Waals surface area contributed by atoms with Crippen LogP contribution in [0.4, 0.5) is 10.5 Å². The summed E-state index contributed by atoms with van der Waals surface area (Å²) in [6.45, 7) is 4.64. The third-order valence-corrected chi connectivity index (χ3v) is 5.50. The van der Waals surface area contributed by atoms with E-state index in [1.807, 2.05) is 18.2 Å². The molecule has 0 spiro atoms. The number of hydrogen-bond donors (Lipinski definition) is 2. The van der Waals surface area contributed by atoms with Crippen LogP contribution in [-0.2, 0) is 0 Å². The van der Waals surface area contributed by atoms with Gasteiger partial charge >= 0.3 is 6.03 Å².